The number of likely N-dealkylation sites (tertiary alicyclic amines) is 1. The molecule has 0 bridgehead atoms. The van der Waals surface area contributed by atoms with E-state index in [1.807, 2.05) is 65.6 Å². The van der Waals surface area contributed by atoms with E-state index < -0.39 is 35.5 Å². The monoisotopic (exact) mass is 629 g/mol. The normalized spacial score (nSPS) is 16.9. The standard InChI is InChI=1S/C34H39N5O7/c1-23(29(31(41)42)36-30(40)28-26(45-2)15-10-16-27(28)46-3)35-33(44)37-19-17-34(18-20-37)32(43)38(21-24-11-6-4-7-12-24)22-39(34)25-13-8-5-9-14-25/h4-16,23,29H,17-22H2,1-3H3,(H,35,44)(H,36,40)(H,41,42). The van der Waals surface area contributed by atoms with Gasteiger partial charge in [0.1, 0.15) is 28.6 Å². The number of benzene rings is 3. The summed E-state index contributed by atoms with van der Waals surface area (Å²) in [6, 6.07) is 21.5. The van der Waals surface area contributed by atoms with E-state index in [4.69, 9.17) is 9.47 Å². The van der Waals surface area contributed by atoms with Crippen molar-refractivity contribution in [2.24, 2.45) is 0 Å². The first-order valence-corrected chi connectivity index (χ1v) is 15.1. The van der Waals surface area contributed by atoms with E-state index in [0.717, 1.165) is 11.3 Å². The Morgan fingerprint density at radius 3 is 2.02 bits per heavy atom. The van der Waals surface area contributed by atoms with Gasteiger partial charge in [0.2, 0.25) is 5.91 Å². The van der Waals surface area contributed by atoms with Crippen LogP contribution in [0.1, 0.15) is 35.7 Å². The van der Waals surface area contributed by atoms with Gasteiger partial charge in [0.25, 0.3) is 5.91 Å². The van der Waals surface area contributed by atoms with E-state index >= 15 is 0 Å². The first kappa shape index (κ1) is 32.1. The Balaban J connectivity index is 1.27. The molecule has 0 aliphatic carbocycles. The van der Waals surface area contributed by atoms with Gasteiger partial charge in [0, 0.05) is 25.3 Å². The van der Waals surface area contributed by atoms with Crippen molar-refractivity contribution in [2.75, 3.05) is 38.9 Å². The summed E-state index contributed by atoms with van der Waals surface area (Å²) in [4.78, 5) is 58.4. The van der Waals surface area contributed by atoms with Crippen LogP contribution < -0.4 is 25.0 Å². The van der Waals surface area contributed by atoms with E-state index in [1.54, 1.807) is 23.1 Å². The summed E-state index contributed by atoms with van der Waals surface area (Å²) >= 11 is 0. The molecule has 0 radical (unpaired) electrons. The predicted molar refractivity (Wildman–Crippen MR) is 171 cm³/mol. The number of piperidine rings is 1. The highest BCUT2D eigenvalue weighted by Gasteiger charge is 2.54. The Kier molecular flexibility index (Phi) is 9.64. The summed E-state index contributed by atoms with van der Waals surface area (Å²) in [5, 5.41) is 15.2. The van der Waals surface area contributed by atoms with Gasteiger partial charge >= 0.3 is 12.0 Å². The number of nitrogens with one attached hydrogen (secondary N) is 2. The molecule has 0 aromatic heterocycles. The Hall–Kier alpha value is -5.26. The lowest BCUT2D eigenvalue weighted by Crippen LogP contribution is -2.60. The van der Waals surface area contributed by atoms with Gasteiger partial charge in [-0.3, -0.25) is 9.59 Å². The third kappa shape index (κ3) is 6.42. The lowest BCUT2D eigenvalue weighted by atomic mass is 9.85. The van der Waals surface area contributed by atoms with Crippen molar-refractivity contribution in [3.05, 3.63) is 90.0 Å². The fraction of sp³-hybridized carbons (Fsp3) is 0.353. The van der Waals surface area contributed by atoms with E-state index in [1.165, 1.54) is 21.1 Å². The number of hydrogen-bond donors (Lipinski definition) is 3. The van der Waals surface area contributed by atoms with Gasteiger partial charge in [-0.2, -0.15) is 0 Å². The van der Waals surface area contributed by atoms with Crippen molar-refractivity contribution in [3.8, 4) is 11.5 Å². The molecule has 3 aromatic rings. The number of carbonyl (C=O) groups excluding carboxylic acids is 3. The van der Waals surface area contributed by atoms with Gasteiger partial charge in [-0.25, -0.2) is 9.59 Å². The summed E-state index contributed by atoms with van der Waals surface area (Å²) in [7, 11) is 2.79. The summed E-state index contributed by atoms with van der Waals surface area (Å²) in [6.45, 7) is 3.00. The largest absolute Gasteiger partial charge is 0.496 e. The summed E-state index contributed by atoms with van der Waals surface area (Å²) in [5.74, 6) is -1.58. The summed E-state index contributed by atoms with van der Waals surface area (Å²) in [5.41, 5.74) is 1.20. The van der Waals surface area contributed by atoms with Gasteiger partial charge in [-0.1, -0.05) is 54.6 Å². The number of ether oxygens (including phenoxy) is 2. The Morgan fingerprint density at radius 2 is 1.46 bits per heavy atom. The predicted octanol–water partition coefficient (Wildman–Crippen LogP) is 3.33. The summed E-state index contributed by atoms with van der Waals surface area (Å²) < 4.78 is 10.6. The second-order valence-corrected chi connectivity index (χ2v) is 11.5. The smallest absolute Gasteiger partial charge is 0.328 e. The third-order valence-electron chi connectivity index (χ3n) is 8.73. The number of hydrogen-bond acceptors (Lipinski definition) is 7. The van der Waals surface area contributed by atoms with Crippen LogP contribution in [0.2, 0.25) is 0 Å². The van der Waals surface area contributed by atoms with Crippen LogP contribution in [0.25, 0.3) is 0 Å². The minimum Gasteiger partial charge on any atom is -0.496 e. The first-order chi connectivity index (χ1) is 22.2. The Labute approximate surface area is 267 Å². The second-order valence-electron chi connectivity index (χ2n) is 11.5. The average Bonchev–Trinajstić information content (AvgIpc) is 3.33. The number of para-hydroxylation sites is 1. The van der Waals surface area contributed by atoms with Crippen LogP contribution in [0.4, 0.5) is 10.5 Å². The molecular formula is C34H39N5O7. The number of amides is 4. The molecule has 3 N–H and O–H groups in total. The van der Waals surface area contributed by atoms with E-state index in [-0.39, 0.29) is 36.1 Å². The van der Waals surface area contributed by atoms with E-state index in [0.29, 0.717) is 26.1 Å². The number of carboxylic acids is 1. The van der Waals surface area contributed by atoms with Crippen LogP contribution in [-0.2, 0) is 16.1 Å². The fourth-order valence-electron chi connectivity index (χ4n) is 6.26. The topological polar surface area (TPSA) is 141 Å². The zero-order valence-electron chi connectivity index (χ0n) is 26.1. The van der Waals surface area contributed by atoms with Crippen LogP contribution in [0.15, 0.2) is 78.9 Å². The Morgan fingerprint density at radius 1 is 0.870 bits per heavy atom. The van der Waals surface area contributed by atoms with Crippen LogP contribution >= 0.6 is 0 Å². The zero-order valence-corrected chi connectivity index (χ0v) is 26.1. The molecule has 12 heteroatoms. The molecule has 4 amide bonds. The molecule has 3 aromatic carbocycles. The maximum atomic E-state index is 14.0. The number of aliphatic carboxylic acids is 1. The molecule has 2 fully saturated rings. The van der Waals surface area contributed by atoms with Gasteiger partial charge in [0.05, 0.1) is 26.9 Å². The minimum atomic E-state index is -1.45. The molecule has 242 valence electrons. The maximum Gasteiger partial charge on any atom is 0.328 e. The van der Waals surface area contributed by atoms with Crippen LogP contribution in [-0.4, -0.2) is 90.3 Å². The molecule has 0 saturated carbocycles. The molecule has 2 aliphatic heterocycles. The molecule has 2 heterocycles. The lowest BCUT2D eigenvalue weighted by molar-refractivity contribution is -0.140. The highest BCUT2D eigenvalue weighted by Crippen LogP contribution is 2.40. The fourth-order valence-corrected chi connectivity index (χ4v) is 6.26. The molecule has 2 saturated heterocycles. The van der Waals surface area contributed by atoms with Crippen molar-refractivity contribution in [3.63, 3.8) is 0 Å². The van der Waals surface area contributed by atoms with Gasteiger partial charge in [-0.15, -0.1) is 0 Å². The van der Waals surface area contributed by atoms with Crippen molar-refractivity contribution in [1.82, 2.24) is 20.4 Å². The maximum absolute atomic E-state index is 14.0. The molecule has 2 unspecified atom stereocenters. The number of carbonyl (C=O) groups is 4. The number of nitrogens with zero attached hydrogens (tertiary/aromatic N) is 3. The van der Waals surface area contributed by atoms with Crippen molar-refractivity contribution in [2.45, 2.75) is 43.9 Å². The molecule has 1 spiro atoms. The number of anilines is 1. The van der Waals surface area contributed by atoms with E-state index in [9.17, 15) is 24.3 Å². The molecule has 2 atom stereocenters. The van der Waals surface area contributed by atoms with Gasteiger partial charge in [-0.05, 0) is 49.6 Å². The van der Waals surface area contributed by atoms with Crippen LogP contribution in [0.3, 0.4) is 0 Å². The first-order valence-electron chi connectivity index (χ1n) is 15.1. The number of methoxy groups -OCH3 is 2. The zero-order chi connectivity index (χ0) is 32.8. The number of rotatable bonds is 10. The molecule has 46 heavy (non-hydrogen) atoms. The lowest BCUT2D eigenvalue weighted by Gasteiger charge is -2.43. The van der Waals surface area contributed by atoms with Crippen molar-refractivity contribution in [1.29, 1.82) is 0 Å². The molecule has 12 nitrogen and oxygen atoms in total. The quantitative estimate of drug-likeness (QED) is 0.310. The van der Waals surface area contributed by atoms with Crippen molar-refractivity contribution >= 4 is 29.5 Å². The SMILES string of the molecule is COc1cccc(OC)c1C(=O)NC(C(=O)O)C(C)NC(=O)N1CCC2(CC1)C(=O)N(Cc1ccccc1)CN2c1ccccc1. The highest BCUT2D eigenvalue weighted by molar-refractivity contribution is 6.01. The average molecular weight is 630 g/mol. The van der Waals surface area contributed by atoms with Crippen LogP contribution in [0, 0.1) is 0 Å². The third-order valence-corrected chi connectivity index (χ3v) is 8.73. The van der Waals surface area contributed by atoms with Crippen LogP contribution in [0.5, 0.6) is 11.5 Å². The van der Waals surface area contributed by atoms with Gasteiger partial charge < -0.3 is 39.9 Å². The molecular weight excluding hydrogens is 590 g/mol. The highest BCUT2D eigenvalue weighted by atomic mass is 16.5. The van der Waals surface area contributed by atoms with Crippen molar-refractivity contribution < 1.29 is 33.8 Å². The molecule has 2 aliphatic rings. The summed E-state index contributed by atoms with van der Waals surface area (Å²) in [6.07, 6.45) is 0.807. The van der Waals surface area contributed by atoms with E-state index in [2.05, 4.69) is 15.5 Å². The second kappa shape index (κ2) is 13.8. The number of urea groups is 1. The minimum absolute atomic E-state index is 0.0223. The Bertz CT molecular complexity index is 1540. The molecule has 5 rings (SSSR count). The van der Waals surface area contributed by atoms with Gasteiger partial charge in [0.15, 0.2) is 0 Å². The number of carboxylic acid groups (broad SMARTS) is 1.